The molecule has 0 fully saturated rings. The minimum atomic E-state index is -4.25. The fraction of sp³-hybridized carbons (Fsp3) is 0. The van der Waals surface area contributed by atoms with Gasteiger partial charge in [0.15, 0.2) is 0 Å². The van der Waals surface area contributed by atoms with Crippen LogP contribution in [0.2, 0.25) is 5.02 Å². The predicted octanol–water partition coefficient (Wildman–Crippen LogP) is 1.72. The molecule has 108 valence electrons. The highest BCUT2D eigenvalue weighted by Gasteiger charge is 2.24. The molecule has 21 heavy (non-hydrogen) atoms. The van der Waals surface area contributed by atoms with Gasteiger partial charge in [-0.1, -0.05) is 17.7 Å². The van der Waals surface area contributed by atoms with Gasteiger partial charge in [-0.2, -0.15) is 4.98 Å². The minimum absolute atomic E-state index is 0.204. The summed E-state index contributed by atoms with van der Waals surface area (Å²) in [6.07, 6.45) is 3.03. The maximum absolute atomic E-state index is 13.7. The smallest absolute Gasteiger partial charge is 0.246 e. The lowest BCUT2D eigenvalue weighted by atomic mass is 10.3. The van der Waals surface area contributed by atoms with Crippen molar-refractivity contribution in [2.75, 3.05) is 4.72 Å². The highest BCUT2D eigenvalue weighted by molar-refractivity contribution is 7.92. The van der Waals surface area contributed by atoms with Gasteiger partial charge in [0, 0.05) is 12.4 Å². The van der Waals surface area contributed by atoms with Gasteiger partial charge in [-0.05, 0) is 18.2 Å². The van der Waals surface area contributed by atoms with Crippen LogP contribution in [-0.2, 0) is 10.0 Å². The summed E-state index contributed by atoms with van der Waals surface area (Å²) in [6.45, 7) is 0. The molecule has 0 amide bonds. The Morgan fingerprint density at radius 1 is 1.29 bits per heavy atom. The zero-order valence-corrected chi connectivity index (χ0v) is 11.8. The average molecular weight is 328 g/mol. The molecule has 2 heterocycles. The molecule has 1 N–H and O–H groups in total. The van der Waals surface area contributed by atoms with Gasteiger partial charge >= 0.3 is 0 Å². The van der Waals surface area contributed by atoms with Crippen LogP contribution in [-0.4, -0.2) is 28.0 Å². The van der Waals surface area contributed by atoms with Crippen LogP contribution in [0.1, 0.15) is 0 Å². The predicted molar refractivity (Wildman–Crippen MR) is 73.0 cm³/mol. The third-order valence-corrected chi connectivity index (χ3v) is 4.36. The fourth-order valence-electron chi connectivity index (χ4n) is 1.69. The number of sulfonamides is 1. The second kappa shape index (κ2) is 4.93. The first kappa shape index (κ1) is 13.7. The lowest BCUT2D eigenvalue weighted by molar-refractivity contribution is 0.570. The largest absolute Gasteiger partial charge is 0.268 e. The second-order valence-electron chi connectivity index (χ2n) is 3.96. The lowest BCUT2D eigenvalue weighted by Gasteiger charge is -2.07. The summed E-state index contributed by atoms with van der Waals surface area (Å²) in [5, 5.41) is 3.64. The number of halogens is 2. The number of rotatable bonds is 3. The van der Waals surface area contributed by atoms with Gasteiger partial charge in [0.1, 0.15) is 10.7 Å². The molecule has 0 aliphatic heterocycles. The highest BCUT2D eigenvalue weighted by atomic mass is 35.5. The van der Waals surface area contributed by atoms with E-state index in [0.29, 0.717) is 0 Å². The Morgan fingerprint density at radius 3 is 2.81 bits per heavy atom. The molecule has 7 nitrogen and oxygen atoms in total. The third kappa shape index (κ3) is 2.52. The first-order chi connectivity index (χ1) is 9.97. The van der Waals surface area contributed by atoms with E-state index in [1.54, 1.807) is 12.3 Å². The summed E-state index contributed by atoms with van der Waals surface area (Å²) in [5.41, 5.74) is 0. The van der Waals surface area contributed by atoms with Gasteiger partial charge in [-0.15, -0.1) is 5.10 Å². The van der Waals surface area contributed by atoms with Gasteiger partial charge in [0.25, 0.3) is 21.7 Å². The van der Waals surface area contributed by atoms with Crippen LogP contribution < -0.4 is 4.72 Å². The Kier molecular flexibility index (Phi) is 3.22. The van der Waals surface area contributed by atoms with Crippen LogP contribution in [0, 0.1) is 5.82 Å². The molecule has 0 atom stereocenters. The van der Waals surface area contributed by atoms with Crippen LogP contribution >= 0.6 is 11.6 Å². The van der Waals surface area contributed by atoms with Crippen molar-refractivity contribution in [3.05, 3.63) is 47.5 Å². The Morgan fingerprint density at radius 2 is 2.10 bits per heavy atom. The van der Waals surface area contributed by atoms with E-state index in [1.165, 1.54) is 22.8 Å². The van der Waals surface area contributed by atoms with Crippen LogP contribution in [0.5, 0.6) is 0 Å². The number of hydrogen-bond acceptors (Lipinski definition) is 5. The van der Waals surface area contributed by atoms with E-state index in [1.807, 2.05) is 0 Å². The third-order valence-electron chi connectivity index (χ3n) is 2.53. The zero-order chi connectivity index (χ0) is 15.0. The molecule has 0 saturated carbocycles. The first-order valence-corrected chi connectivity index (χ1v) is 7.48. The number of benzene rings is 1. The standard InChI is InChI=1S/C11H7ClFN5O2S/c12-7-3-1-4-8(13)9(7)21(19,20)17-10-15-11-14-5-2-6-18(11)16-10/h1-6H,(H,16,17). The summed E-state index contributed by atoms with van der Waals surface area (Å²) < 4.78 is 41.4. The molecule has 0 bridgehead atoms. The van der Waals surface area contributed by atoms with E-state index in [0.717, 1.165) is 6.07 Å². The second-order valence-corrected chi connectivity index (χ2v) is 5.98. The van der Waals surface area contributed by atoms with Crippen LogP contribution in [0.3, 0.4) is 0 Å². The van der Waals surface area contributed by atoms with Gasteiger partial charge in [0.2, 0.25) is 0 Å². The van der Waals surface area contributed by atoms with Crippen molar-refractivity contribution in [3.63, 3.8) is 0 Å². The van der Waals surface area contributed by atoms with E-state index >= 15 is 0 Å². The molecule has 3 rings (SSSR count). The van der Waals surface area contributed by atoms with E-state index in [4.69, 9.17) is 11.6 Å². The molecule has 0 spiro atoms. The summed E-state index contributed by atoms with van der Waals surface area (Å²) in [4.78, 5) is 7.11. The molecule has 3 aromatic rings. The molecule has 0 aliphatic rings. The lowest BCUT2D eigenvalue weighted by Crippen LogP contribution is -2.16. The number of aromatic nitrogens is 4. The van der Waals surface area contributed by atoms with Crippen LogP contribution in [0.15, 0.2) is 41.6 Å². The Labute approximate surface area is 123 Å². The van der Waals surface area contributed by atoms with Crippen molar-refractivity contribution in [3.8, 4) is 0 Å². The monoisotopic (exact) mass is 327 g/mol. The molecule has 0 radical (unpaired) electrons. The molecule has 0 aliphatic carbocycles. The molecule has 1 aromatic carbocycles. The van der Waals surface area contributed by atoms with Crippen molar-refractivity contribution in [2.45, 2.75) is 4.90 Å². The van der Waals surface area contributed by atoms with Crippen molar-refractivity contribution in [1.29, 1.82) is 0 Å². The van der Waals surface area contributed by atoms with Gasteiger partial charge in [-0.3, -0.25) is 0 Å². The van der Waals surface area contributed by atoms with Crippen molar-refractivity contribution < 1.29 is 12.8 Å². The highest BCUT2D eigenvalue weighted by Crippen LogP contribution is 2.25. The molecule has 10 heteroatoms. The first-order valence-electron chi connectivity index (χ1n) is 5.61. The molecular weight excluding hydrogens is 321 g/mol. The maximum atomic E-state index is 13.7. The van der Waals surface area contributed by atoms with E-state index in [-0.39, 0.29) is 16.7 Å². The number of anilines is 1. The number of fused-ring (bicyclic) bond motifs is 1. The minimum Gasteiger partial charge on any atom is -0.246 e. The number of nitrogens with zero attached hydrogens (tertiary/aromatic N) is 4. The average Bonchev–Trinajstić information content (AvgIpc) is 2.79. The Hall–Kier alpha value is -2.26. The molecule has 0 unspecified atom stereocenters. The molecular formula is C11H7ClFN5O2S. The normalized spacial score (nSPS) is 11.7. The zero-order valence-electron chi connectivity index (χ0n) is 10.2. The van der Waals surface area contributed by atoms with E-state index in [9.17, 15) is 12.8 Å². The summed E-state index contributed by atoms with van der Waals surface area (Å²) in [5.74, 6) is -0.986. The maximum Gasteiger partial charge on any atom is 0.268 e. The van der Waals surface area contributed by atoms with Crippen molar-refractivity contribution >= 4 is 33.4 Å². The summed E-state index contributed by atoms with van der Waals surface area (Å²) >= 11 is 5.74. The fourth-order valence-corrected chi connectivity index (χ4v) is 3.23. The molecule has 2 aromatic heterocycles. The summed E-state index contributed by atoms with van der Waals surface area (Å²) in [6, 6.07) is 5.19. The Bertz CT molecular complexity index is 874. The Balaban J connectivity index is 2.03. The van der Waals surface area contributed by atoms with E-state index < -0.39 is 20.7 Å². The number of nitrogens with one attached hydrogen (secondary N) is 1. The van der Waals surface area contributed by atoms with Crippen LogP contribution in [0.4, 0.5) is 10.3 Å². The SMILES string of the molecule is O=S(=O)(Nc1nc2ncccn2n1)c1c(F)cccc1Cl. The van der Waals surface area contributed by atoms with Crippen molar-refractivity contribution in [2.24, 2.45) is 0 Å². The van der Waals surface area contributed by atoms with Crippen molar-refractivity contribution in [1.82, 2.24) is 19.6 Å². The quantitative estimate of drug-likeness (QED) is 0.791. The van der Waals surface area contributed by atoms with Crippen LogP contribution in [0.25, 0.3) is 5.78 Å². The van der Waals surface area contributed by atoms with Gasteiger partial charge in [-0.25, -0.2) is 27.0 Å². The van der Waals surface area contributed by atoms with E-state index in [2.05, 4.69) is 19.8 Å². The van der Waals surface area contributed by atoms with Gasteiger partial charge < -0.3 is 0 Å². The number of hydrogen-bond donors (Lipinski definition) is 1. The summed E-state index contributed by atoms with van der Waals surface area (Å²) in [7, 11) is -4.25. The molecule has 0 saturated heterocycles. The topological polar surface area (TPSA) is 89.2 Å². The van der Waals surface area contributed by atoms with Gasteiger partial charge in [0.05, 0.1) is 5.02 Å².